The molecule has 0 aromatic rings. The quantitative estimate of drug-likeness (QED) is 0.336. The molecule has 0 saturated carbocycles. The van der Waals surface area contributed by atoms with E-state index >= 15 is 0 Å². The van der Waals surface area contributed by atoms with Crippen molar-refractivity contribution in [3.63, 3.8) is 0 Å². The molecule has 0 aromatic carbocycles. The summed E-state index contributed by atoms with van der Waals surface area (Å²) in [6.07, 6.45) is 0.944. The third-order valence-electron chi connectivity index (χ3n) is 0.408. The summed E-state index contributed by atoms with van der Waals surface area (Å²) in [7, 11) is 0. The van der Waals surface area contributed by atoms with Crippen LogP contribution in [0.25, 0.3) is 0 Å². The van der Waals surface area contributed by atoms with Crippen LogP contribution in [0.1, 0.15) is 6.42 Å². The molecule has 0 bridgehead atoms. The van der Waals surface area contributed by atoms with Gasteiger partial charge in [0.1, 0.15) is 0 Å². The van der Waals surface area contributed by atoms with Gasteiger partial charge in [-0.1, -0.05) is 0 Å². The number of rotatable bonds is 2. The first-order valence-electron chi connectivity index (χ1n) is 1.82. The first-order chi connectivity index (χ1) is 2.41. The van der Waals surface area contributed by atoms with Crippen LogP contribution in [0.5, 0.6) is 0 Å². The van der Waals surface area contributed by atoms with Crippen LogP contribution in [-0.4, -0.2) is 13.1 Å². The first-order valence-corrected chi connectivity index (χ1v) is 1.82. The largest absolute Gasteiger partial charge is 1.00 e. The number of nitrogens with two attached hydrogens (primary N) is 2. The van der Waals surface area contributed by atoms with Crippen molar-refractivity contribution in [1.82, 2.24) is 0 Å². The molecule has 0 heterocycles. The molecule has 0 aromatic heterocycles. The molecule has 0 aliphatic rings. The molecule has 0 amide bonds. The van der Waals surface area contributed by atoms with Gasteiger partial charge in [-0.15, -0.1) is 0 Å². The minimum Gasteiger partial charge on any atom is -0.330 e. The van der Waals surface area contributed by atoms with Gasteiger partial charge in [-0.3, -0.25) is 0 Å². The van der Waals surface area contributed by atoms with Gasteiger partial charge in [-0.05, 0) is 19.5 Å². The van der Waals surface area contributed by atoms with E-state index in [1.165, 1.54) is 0 Å². The van der Waals surface area contributed by atoms with Crippen LogP contribution in [0.3, 0.4) is 0 Å². The third kappa shape index (κ3) is 8.82. The van der Waals surface area contributed by atoms with Crippen molar-refractivity contribution in [2.24, 2.45) is 11.5 Å². The molecule has 0 unspecified atom stereocenters. The fourth-order valence-electron chi connectivity index (χ4n) is 0.118. The van der Waals surface area contributed by atoms with Crippen molar-refractivity contribution in [2.75, 3.05) is 13.1 Å². The zero-order chi connectivity index (χ0) is 4.12. The second-order valence-electron chi connectivity index (χ2n) is 0.931. The molecule has 0 fully saturated rings. The standard InChI is InChI=1S/C3H10N2.Li/c4-2-1-3-5;/h1-5H2;/q;+1. The third-order valence-corrected chi connectivity index (χ3v) is 0.408. The molecule has 0 spiro atoms. The van der Waals surface area contributed by atoms with E-state index in [9.17, 15) is 0 Å². The smallest absolute Gasteiger partial charge is 0.330 e. The van der Waals surface area contributed by atoms with Gasteiger partial charge in [-0.25, -0.2) is 0 Å². The first kappa shape index (κ1) is 9.72. The van der Waals surface area contributed by atoms with Gasteiger partial charge in [-0.2, -0.15) is 0 Å². The van der Waals surface area contributed by atoms with E-state index in [0.717, 1.165) is 19.5 Å². The van der Waals surface area contributed by atoms with Gasteiger partial charge >= 0.3 is 18.9 Å². The Morgan fingerprint density at radius 1 is 1.00 bits per heavy atom. The summed E-state index contributed by atoms with van der Waals surface area (Å²) < 4.78 is 0. The summed E-state index contributed by atoms with van der Waals surface area (Å²) in [5.74, 6) is 0. The van der Waals surface area contributed by atoms with Crippen molar-refractivity contribution in [3.8, 4) is 0 Å². The molecule has 0 aliphatic heterocycles. The summed E-state index contributed by atoms with van der Waals surface area (Å²) in [5.41, 5.74) is 10.1. The van der Waals surface area contributed by atoms with Gasteiger partial charge in [0.05, 0.1) is 0 Å². The average molecular weight is 81.1 g/mol. The van der Waals surface area contributed by atoms with Crippen molar-refractivity contribution in [1.29, 1.82) is 0 Å². The van der Waals surface area contributed by atoms with E-state index in [0.29, 0.717) is 0 Å². The zero-order valence-electron chi connectivity index (χ0n) is 4.28. The number of hydrogen-bond acceptors (Lipinski definition) is 2. The van der Waals surface area contributed by atoms with Gasteiger partial charge in [0.15, 0.2) is 0 Å². The molecule has 0 aliphatic carbocycles. The maximum atomic E-state index is 5.06. The Morgan fingerprint density at radius 3 is 1.33 bits per heavy atom. The van der Waals surface area contributed by atoms with Crippen LogP contribution in [-0.2, 0) is 0 Å². The average Bonchev–Trinajstić information content (AvgIpc) is 1.41. The predicted molar refractivity (Wildman–Crippen MR) is 22.7 cm³/mol. The molecule has 6 heavy (non-hydrogen) atoms. The summed E-state index contributed by atoms with van der Waals surface area (Å²) in [6.45, 7) is 1.44. The summed E-state index contributed by atoms with van der Waals surface area (Å²) >= 11 is 0. The molecule has 32 valence electrons. The van der Waals surface area contributed by atoms with Crippen molar-refractivity contribution in [3.05, 3.63) is 0 Å². The topological polar surface area (TPSA) is 52.0 Å². The van der Waals surface area contributed by atoms with Gasteiger partial charge in [0, 0.05) is 0 Å². The van der Waals surface area contributed by atoms with Gasteiger partial charge < -0.3 is 11.5 Å². The molecule has 0 atom stereocenters. The fraction of sp³-hybridized carbons (Fsp3) is 1.00. The maximum Gasteiger partial charge on any atom is 1.00 e. The summed E-state index contributed by atoms with van der Waals surface area (Å²) in [5, 5.41) is 0. The van der Waals surface area contributed by atoms with E-state index in [-0.39, 0.29) is 18.9 Å². The fourth-order valence-corrected chi connectivity index (χ4v) is 0.118. The van der Waals surface area contributed by atoms with E-state index < -0.39 is 0 Å². The maximum absolute atomic E-state index is 5.06. The molecular weight excluding hydrogens is 71.0 g/mol. The minimum atomic E-state index is 0. The van der Waals surface area contributed by atoms with Crippen LogP contribution in [0.4, 0.5) is 0 Å². The summed E-state index contributed by atoms with van der Waals surface area (Å²) in [4.78, 5) is 0. The van der Waals surface area contributed by atoms with Gasteiger partial charge in [0.25, 0.3) is 0 Å². The molecular formula is C3H10LiN2+. The molecule has 0 saturated heterocycles. The zero-order valence-corrected chi connectivity index (χ0v) is 4.28. The molecule has 4 N–H and O–H groups in total. The Bertz CT molecular complexity index is 16.3. The van der Waals surface area contributed by atoms with Crippen LogP contribution >= 0.6 is 0 Å². The Hall–Kier alpha value is 0.517. The Labute approximate surface area is 50.4 Å². The van der Waals surface area contributed by atoms with E-state index in [2.05, 4.69) is 0 Å². The van der Waals surface area contributed by atoms with E-state index in [1.807, 2.05) is 0 Å². The molecule has 2 nitrogen and oxygen atoms in total. The second-order valence-corrected chi connectivity index (χ2v) is 0.931. The Morgan fingerprint density at radius 2 is 1.33 bits per heavy atom. The van der Waals surface area contributed by atoms with Crippen LogP contribution < -0.4 is 30.3 Å². The minimum absolute atomic E-state index is 0. The summed E-state index contributed by atoms with van der Waals surface area (Å²) in [6, 6.07) is 0. The van der Waals surface area contributed by atoms with Crippen molar-refractivity contribution >= 4 is 0 Å². The number of hydrogen-bond donors (Lipinski definition) is 2. The van der Waals surface area contributed by atoms with Gasteiger partial charge in [0.2, 0.25) is 0 Å². The SMILES string of the molecule is NCCCN.[Li+]. The van der Waals surface area contributed by atoms with Crippen molar-refractivity contribution in [2.45, 2.75) is 6.42 Å². The molecule has 3 heteroatoms. The Balaban J connectivity index is 0. The van der Waals surface area contributed by atoms with Crippen LogP contribution in [0.15, 0.2) is 0 Å². The molecule has 0 rings (SSSR count). The predicted octanol–water partition coefficient (Wildman–Crippen LogP) is -3.70. The molecule has 0 radical (unpaired) electrons. The second kappa shape index (κ2) is 9.10. The monoisotopic (exact) mass is 81.1 g/mol. The van der Waals surface area contributed by atoms with Crippen LogP contribution in [0, 0.1) is 0 Å². The Kier molecular flexibility index (Phi) is 14.7. The van der Waals surface area contributed by atoms with Crippen molar-refractivity contribution < 1.29 is 18.9 Å². The van der Waals surface area contributed by atoms with E-state index in [4.69, 9.17) is 11.5 Å². The van der Waals surface area contributed by atoms with E-state index in [1.54, 1.807) is 0 Å². The normalized spacial score (nSPS) is 7.00. The van der Waals surface area contributed by atoms with Crippen LogP contribution in [0.2, 0.25) is 0 Å².